The van der Waals surface area contributed by atoms with Gasteiger partial charge in [0, 0.05) is 33.0 Å². The van der Waals surface area contributed by atoms with Crippen molar-refractivity contribution in [3.63, 3.8) is 0 Å². The third-order valence-electron chi connectivity index (χ3n) is 3.16. The van der Waals surface area contributed by atoms with Crippen molar-refractivity contribution in [3.8, 4) is 0 Å². The highest BCUT2D eigenvalue weighted by Crippen LogP contribution is 2.15. The fraction of sp³-hybridized carbons (Fsp3) is 0.583. The lowest BCUT2D eigenvalue weighted by atomic mass is 10.2. The summed E-state index contributed by atoms with van der Waals surface area (Å²) in [6.07, 6.45) is 3.26. The summed E-state index contributed by atoms with van der Waals surface area (Å²) in [5.41, 5.74) is -0.215. The lowest BCUT2D eigenvalue weighted by molar-refractivity contribution is 0.0960. The highest BCUT2D eigenvalue weighted by Gasteiger charge is 2.20. The molecule has 0 radical (unpaired) electrons. The summed E-state index contributed by atoms with van der Waals surface area (Å²) in [7, 11) is -0.591. The Hall–Kier alpha value is -1.18. The van der Waals surface area contributed by atoms with Gasteiger partial charge >= 0.3 is 0 Å². The minimum atomic E-state index is -3.52. The molecule has 1 aromatic rings. The van der Waals surface area contributed by atoms with Gasteiger partial charge < -0.3 is 9.30 Å². The topological polar surface area (TPSA) is 68.6 Å². The third-order valence-corrected chi connectivity index (χ3v) is 4.96. The van der Waals surface area contributed by atoms with Crippen LogP contribution in [0, 0.1) is 0 Å². The van der Waals surface area contributed by atoms with E-state index in [1.165, 1.54) is 37.0 Å². The summed E-state index contributed by atoms with van der Waals surface area (Å²) >= 11 is 0. The van der Waals surface area contributed by atoms with Gasteiger partial charge in [-0.3, -0.25) is 4.79 Å². The standard InChI is InChI=1S/C12H18N2O4S/c1-13(2)19(16,17)11-5-6-12(15)14(9-11)8-10-4-3-7-18-10/h5-6,9-10H,3-4,7-8H2,1-2H3. The molecule has 1 fully saturated rings. The molecule has 0 aromatic carbocycles. The van der Waals surface area contributed by atoms with Crippen molar-refractivity contribution in [2.24, 2.45) is 0 Å². The van der Waals surface area contributed by atoms with Crippen molar-refractivity contribution >= 4 is 10.0 Å². The molecule has 0 saturated carbocycles. The van der Waals surface area contributed by atoms with E-state index in [1.54, 1.807) is 0 Å². The maximum absolute atomic E-state index is 12.0. The van der Waals surface area contributed by atoms with Crippen LogP contribution in [0.25, 0.3) is 0 Å². The smallest absolute Gasteiger partial charge is 0.250 e. The second kappa shape index (κ2) is 5.44. The zero-order valence-electron chi connectivity index (χ0n) is 11.1. The van der Waals surface area contributed by atoms with Gasteiger partial charge in [0.2, 0.25) is 10.0 Å². The zero-order chi connectivity index (χ0) is 14.0. The minimum Gasteiger partial charge on any atom is -0.376 e. The Labute approximate surface area is 112 Å². The molecule has 19 heavy (non-hydrogen) atoms. The van der Waals surface area contributed by atoms with Crippen LogP contribution in [-0.2, 0) is 21.3 Å². The number of hydrogen-bond donors (Lipinski definition) is 0. The van der Waals surface area contributed by atoms with Crippen molar-refractivity contribution in [2.75, 3.05) is 20.7 Å². The van der Waals surface area contributed by atoms with Gasteiger partial charge in [-0.15, -0.1) is 0 Å². The molecular weight excluding hydrogens is 268 g/mol. The van der Waals surface area contributed by atoms with E-state index in [4.69, 9.17) is 4.74 Å². The van der Waals surface area contributed by atoms with Gasteiger partial charge in [-0.2, -0.15) is 0 Å². The monoisotopic (exact) mass is 286 g/mol. The van der Waals surface area contributed by atoms with Crippen molar-refractivity contribution in [2.45, 2.75) is 30.4 Å². The second-order valence-electron chi connectivity index (χ2n) is 4.78. The summed E-state index contributed by atoms with van der Waals surface area (Å²) in [4.78, 5) is 11.9. The number of ether oxygens (including phenoxy) is 1. The maximum atomic E-state index is 12.0. The molecule has 6 nitrogen and oxygen atoms in total. The Balaban J connectivity index is 2.32. The Kier molecular flexibility index (Phi) is 4.07. The number of sulfonamides is 1. The SMILES string of the molecule is CN(C)S(=O)(=O)c1ccc(=O)n(CC2CCCO2)c1. The van der Waals surface area contributed by atoms with Crippen LogP contribution in [0.1, 0.15) is 12.8 Å². The van der Waals surface area contributed by atoms with E-state index >= 15 is 0 Å². The van der Waals surface area contributed by atoms with Gasteiger partial charge in [-0.05, 0) is 18.9 Å². The molecule has 0 aliphatic carbocycles. The molecule has 7 heteroatoms. The average molecular weight is 286 g/mol. The first kappa shape index (κ1) is 14.2. The molecule has 1 atom stereocenters. The number of pyridine rings is 1. The van der Waals surface area contributed by atoms with Crippen LogP contribution in [0.4, 0.5) is 0 Å². The summed E-state index contributed by atoms with van der Waals surface area (Å²) in [5, 5.41) is 0. The zero-order valence-corrected chi connectivity index (χ0v) is 11.9. The molecule has 1 aliphatic rings. The molecule has 1 aromatic heterocycles. The molecule has 0 spiro atoms. The maximum Gasteiger partial charge on any atom is 0.250 e. The highest BCUT2D eigenvalue weighted by molar-refractivity contribution is 7.89. The van der Waals surface area contributed by atoms with E-state index in [1.807, 2.05) is 0 Å². The molecule has 1 saturated heterocycles. The molecule has 0 amide bonds. The molecule has 1 unspecified atom stereocenters. The quantitative estimate of drug-likeness (QED) is 0.797. The van der Waals surface area contributed by atoms with E-state index in [0.29, 0.717) is 13.2 Å². The van der Waals surface area contributed by atoms with Crippen LogP contribution in [0.2, 0.25) is 0 Å². The summed E-state index contributed by atoms with van der Waals surface area (Å²) in [5.74, 6) is 0. The van der Waals surface area contributed by atoms with Crippen LogP contribution in [0.3, 0.4) is 0 Å². The number of nitrogens with zero attached hydrogens (tertiary/aromatic N) is 2. The Morgan fingerprint density at radius 1 is 1.42 bits per heavy atom. The largest absolute Gasteiger partial charge is 0.376 e. The van der Waals surface area contributed by atoms with Crippen molar-refractivity contribution in [3.05, 3.63) is 28.7 Å². The van der Waals surface area contributed by atoms with Gasteiger partial charge in [0.15, 0.2) is 0 Å². The van der Waals surface area contributed by atoms with Crippen LogP contribution in [0.15, 0.2) is 28.0 Å². The van der Waals surface area contributed by atoms with Crippen molar-refractivity contribution in [1.29, 1.82) is 0 Å². The predicted molar refractivity (Wildman–Crippen MR) is 70.5 cm³/mol. The molecule has 2 heterocycles. The fourth-order valence-electron chi connectivity index (χ4n) is 2.02. The first-order valence-electron chi connectivity index (χ1n) is 6.16. The molecule has 2 rings (SSSR count). The van der Waals surface area contributed by atoms with E-state index < -0.39 is 10.0 Å². The molecule has 0 N–H and O–H groups in total. The predicted octanol–water partition coefficient (Wildman–Crippen LogP) is 0.278. The Morgan fingerprint density at radius 3 is 2.74 bits per heavy atom. The van der Waals surface area contributed by atoms with Crippen LogP contribution >= 0.6 is 0 Å². The van der Waals surface area contributed by atoms with E-state index in [2.05, 4.69) is 0 Å². The van der Waals surface area contributed by atoms with E-state index in [9.17, 15) is 13.2 Å². The van der Waals surface area contributed by atoms with Crippen molar-refractivity contribution < 1.29 is 13.2 Å². The Bertz CT molecular complexity index is 600. The van der Waals surface area contributed by atoms with Gasteiger partial charge in [0.1, 0.15) is 0 Å². The third kappa shape index (κ3) is 3.05. The molecule has 106 valence electrons. The fourth-order valence-corrected chi connectivity index (χ4v) is 2.95. The Morgan fingerprint density at radius 2 is 2.16 bits per heavy atom. The van der Waals surface area contributed by atoms with Crippen LogP contribution < -0.4 is 5.56 Å². The van der Waals surface area contributed by atoms with Crippen LogP contribution in [-0.4, -0.2) is 44.1 Å². The van der Waals surface area contributed by atoms with Gasteiger partial charge in [-0.25, -0.2) is 12.7 Å². The summed E-state index contributed by atoms with van der Waals surface area (Å²) in [6, 6.07) is 2.62. The molecule has 0 bridgehead atoms. The molecule has 1 aliphatic heterocycles. The highest BCUT2D eigenvalue weighted by atomic mass is 32.2. The first-order valence-corrected chi connectivity index (χ1v) is 7.60. The van der Waals surface area contributed by atoms with Gasteiger partial charge in [-0.1, -0.05) is 0 Å². The number of rotatable bonds is 4. The normalized spacial score (nSPS) is 20.1. The van der Waals surface area contributed by atoms with E-state index in [0.717, 1.165) is 17.1 Å². The lowest BCUT2D eigenvalue weighted by Gasteiger charge is -2.15. The van der Waals surface area contributed by atoms with Gasteiger partial charge in [0.25, 0.3) is 5.56 Å². The summed E-state index contributed by atoms with van der Waals surface area (Å²) in [6.45, 7) is 1.10. The van der Waals surface area contributed by atoms with Crippen LogP contribution in [0.5, 0.6) is 0 Å². The first-order chi connectivity index (χ1) is 8.91. The second-order valence-corrected chi connectivity index (χ2v) is 6.93. The number of aromatic nitrogens is 1. The van der Waals surface area contributed by atoms with Crippen molar-refractivity contribution in [1.82, 2.24) is 8.87 Å². The molecular formula is C12H18N2O4S. The summed E-state index contributed by atoms with van der Waals surface area (Å²) < 4.78 is 32.0. The van der Waals surface area contributed by atoms with E-state index in [-0.39, 0.29) is 16.6 Å². The lowest BCUT2D eigenvalue weighted by Crippen LogP contribution is -2.28. The number of hydrogen-bond acceptors (Lipinski definition) is 4. The minimum absolute atomic E-state index is 0.00462. The van der Waals surface area contributed by atoms with Gasteiger partial charge in [0.05, 0.1) is 17.5 Å². The average Bonchev–Trinajstić information content (AvgIpc) is 2.84.